The van der Waals surface area contributed by atoms with Crippen molar-refractivity contribution in [1.29, 1.82) is 0 Å². The summed E-state index contributed by atoms with van der Waals surface area (Å²) in [5.74, 6) is -0.251. The number of halogens is 1. The average Bonchev–Trinajstić information content (AvgIpc) is 2.38. The van der Waals surface area contributed by atoms with Gasteiger partial charge in [-0.2, -0.15) is 0 Å². The SMILES string of the molecule is CN(c1ccccc1)c1c(F)cccc1CN. The van der Waals surface area contributed by atoms with E-state index in [1.165, 1.54) is 6.07 Å². The number of benzene rings is 2. The van der Waals surface area contributed by atoms with Gasteiger partial charge >= 0.3 is 0 Å². The van der Waals surface area contributed by atoms with Crippen molar-refractivity contribution in [2.45, 2.75) is 6.54 Å². The van der Waals surface area contributed by atoms with Crippen molar-refractivity contribution >= 4 is 11.4 Å². The molecule has 0 aliphatic rings. The largest absolute Gasteiger partial charge is 0.342 e. The molecule has 0 bridgehead atoms. The number of hydrogen-bond donors (Lipinski definition) is 1. The number of para-hydroxylation sites is 2. The Balaban J connectivity index is 2.47. The first-order valence-electron chi connectivity index (χ1n) is 5.50. The van der Waals surface area contributed by atoms with E-state index in [-0.39, 0.29) is 5.82 Å². The van der Waals surface area contributed by atoms with Crippen molar-refractivity contribution in [2.75, 3.05) is 11.9 Å². The number of rotatable bonds is 3. The van der Waals surface area contributed by atoms with Crippen molar-refractivity contribution in [1.82, 2.24) is 0 Å². The van der Waals surface area contributed by atoms with Crippen LogP contribution in [0.15, 0.2) is 48.5 Å². The molecule has 0 aliphatic heterocycles. The van der Waals surface area contributed by atoms with E-state index in [4.69, 9.17) is 5.73 Å². The summed E-state index contributed by atoms with van der Waals surface area (Å²) in [7, 11) is 1.84. The predicted molar refractivity (Wildman–Crippen MR) is 68.8 cm³/mol. The Morgan fingerprint density at radius 3 is 2.41 bits per heavy atom. The molecule has 0 radical (unpaired) electrons. The maximum Gasteiger partial charge on any atom is 0.147 e. The van der Waals surface area contributed by atoms with Gasteiger partial charge < -0.3 is 10.6 Å². The van der Waals surface area contributed by atoms with Gasteiger partial charge in [-0.05, 0) is 23.8 Å². The lowest BCUT2D eigenvalue weighted by atomic mass is 10.1. The Morgan fingerprint density at radius 2 is 1.76 bits per heavy atom. The lowest BCUT2D eigenvalue weighted by molar-refractivity contribution is 0.625. The highest BCUT2D eigenvalue weighted by molar-refractivity contribution is 5.66. The molecule has 0 aromatic heterocycles. The zero-order valence-corrected chi connectivity index (χ0v) is 9.73. The molecule has 3 heteroatoms. The van der Waals surface area contributed by atoms with Crippen LogP contribution in [0.4, 0.5) is 15.8 Å². The summed E-state index contributed by atoms with van der Waals surface area (Å²) in [5.41, 5.74) is 7.92. The maximum absolute atomic E-state index is 13.9. The zero-order chi connectivity index (χ0) is 12.3. The summed E-state index contributed by atoms with van der Waals surface area (Å²) in [6.45, 7) is 0.324. The van der Waals surface area contributed by atoms with Gasteiger partial charge in [0.2, 0.25) is 0 Å². The molecule has 0 saturated carbocycles. The summed E-state index contributed by atoms with van der Waals surface area (Å²) in [4.78, 5) is 1.82. The fourth-order valence-electron chi connectivity index (χ4n) is 1.88. The third-order valence-corrected chi connectivity index (χ3v) is 2.77. The quantitative estimate of drug-likeness (QED) is 0.878. The number of hydrogen-bond acceptors (Lipinski definition) is 2. The van der Waals surface area contributed by atoms with Gasteiger partial charge in [0.15, 0.2) is 0 Å². The molecule has 2 aromatic carbocycles. The van der Waals surface area contributed by atoms with E-state index in [1.54, 1.807) is 6.07 Å². The second-order valence-corrected chi connectivity index (χ2v) is 3.85. The van der Waals surface area contributed by atoms with Gasteiger partial charge in [0, 0.05) is 19.3 Å². The standard InChI is InChI=1S/C14H15FN2/c1-17(12-7-3-2-4-8-12)14-11(10-16)6-5-9-13(14)15/h2-9H,10,16H2,1H3. The second-order valence-electron chi connectivity index (χ2n) is 3.85. The van der Waals surface area contributed by atoms with E-state index in [9.17, 15) is 4.39 Å². The molecule has 2 rings (SSSR count). The van der Waals surface area contributed by atoms with E-state index < -0.39 is 0 Å². The molecule has 0 fully saturated rings. The summed E-state index contributed by atoms with van der Waals surface area (Å²) in [6, 6.07) is 14.6. The topological polar surface area (TPSA) is 29.3 Å². The molecule has 2 nitrogen and oxygen atoms in total. The van der Waals surface area contributed by atoms with Crippen molar-refractivity contribution in [3.05, 3.63) is 59.9 Å². The lowest BCUT2D eigenvalue weighted by Gasteiger charge is -2.22. The molecular formula is C14H15FN2. The van der Waals surface area contributed by atoms with E-state index in [1.807, 2.05) is 48.3 Å². The number of nitrogens with two attached hydrogens (primary N) is 1. The third kappa shape index (κ3) is 2.29. The van der Waals surface area contributed by atoms with Gasteiger partial charge in [0.25, 0.3) is 0 Å². The molecule has 0 saturated heterocycles. The Hall–Kier alpha value is -1.87. The molecule has 88 valence electrons. The van der Waals surface area contributed by atoms with Gasteiger partial charge in [0.05, 0.1) is 5.69 Å². The van der Waals surface area contributed by atoms with Crippen LogP contribution < -0.4 is 10.6 Å². The minimum Gasteiger partial charge on any atom is -0.342 e. The number of nitrogens with zero attached hydrogens (tertiary/aromatic N) is 1. The molecule has 0 unspecified atom stereocenters. The first-order chi connectivity index (χ1) is 8.24. The zero-order valence-electron chi connectivity index (χ0n) is 9.73. The third-order valence-electron chi connectivity index (χ3n) is 2.77. The normalized spacial score (nSPS) is 10.3. The van der Waals surface area contributed by atoms with Crippen LogP contribution >= 0.6 is 0 Å². The highest BCUT2D eigenvalue weighted by Crippen LogP contribution is 2.29. The molecule has 0 amide bonds. The highest BCUT2D eigenvalue weighted by Gasteiger charge is 2.12. The van der Waals surface area contributed by atoms with Crippen LogP contribution in [0, 0.1) is 5.82 Å². The van der Waals surface area contributed by atoms with Crippen LogP contribution in [0.3, 0.4) is 0 Å². The molecule has 0 aliphatic carbocycles. The van der Waals surface area contributed by atoms with Crippen LogP contribution in [0.25, 0.3) is 0 Å². The Bertz CT molecular complexity index is 497. The molecule has 0 heterocycles. The summed E-state index contributed by atoms with van der Waals surface area (Å²) >= 11 is 0. The molecule has 0 spiro atoms. The van der Waals surface area contributed by atoms with Crippen LogP contribution in [-0.2, 0) is 6.54 Å². The average molecular weight is 230 g/mol. The van der Waals surface area contributed by atoms with E-state index in [0.29, 0.717) is 12.2 Å². The Kier molecular flexibility index (Phi) is 3.40. The van der Waals surface area contributed by atoms with Gasteiger partial charge in [-0.25, -0.2) is 4.39 Å². The number of anilines is 2. The summed E-state index contributed by atoms with van der Waals surface area (Å²) in [6.07, 6.45) is 0. The fourth-order valence-corrected chi connectivity index (χ4v) is 1.88. The smallest absolute Gasteiger partial charge is 0.147 e. The van der Waals surface area contributed by atoms with Crippen LogP contribution in [-0.4, -0.2) is 7.05 Å². The Labute approximate surface area is 100 Å². The minimum absolute atomic E-state index is 0.251. The first kappa shape index (κ1) is 11.6. The van der Waals surface area contributed by atoms with Crippen molar-refractivity contribution in [3.63, 3.8) is 0 Å². The fraction of sp³-hybridized carbons (Fsp3) is 0.143. The Morgan fingerprint density at radius 1 is 1.06 bits per heavy atom. The van der Waals surface area contributed by atoms with Crippen molar-refractivity contribution < 1.29 is 4.39 Å². The summed E-state index contributed by atoms with van der Waals surface area (Å²) < 4.78 is 13.9. The molecule has 2 N–H and O–H groups in total. The van der Waals surface area contributed by atoms with Crippen LogP contribution in [0.1, 0.15) is 5.56 Å². The summed E-state index contributed by atoms with van der Waals surface area (Å²) in [5, 5.41) is 0. The van der Waals surface area contributed by atoms with E-state index in [0.717, 1.165) is 11.3 Å². The van der Waals surface area contributed by atoms with E-state index in [2.05, 4.69) is 0 Å². The van der Waals surface area contributed by atoms with Gasteiger partial charge in [-0.3, -0.25) is 0 Å². The van der Waals surface area contributed by atoms with E-state index >= 15 is 0 Å². The molecule has 0 atom stereocenters. The molecule has 17 heavy (non-hydrogen) atoms. The van der Waals surface area contributed by atoms with Crippen molar-refractivity contribution in [2.24, 2.45) is 5.73 Å². The molecule has 2 aromatic rings. The predicted octanol–water partition coefficient (Wildman–Crippen LogP) is 3.05. The van der Waals surface area contributed by atoms with Gasteiger partial charge in [-0.15, -0.1) is 0 Å². The van der Waals surface area contributed by atoms with Crippen LogP contribution in [0.2, 0.25) is 0 Å². The second kappa shape index (κ2) is 4.97. The minimum atomic E-state index is -0.251. The lowest BCUT2D eigenvalue weighted by Crippen LogP contribution is -2.15. The van der Waals surface area contributed by atoms with Crippen molar-refractivity contribution in [3.8, 4) is 0 Å². The molecular weight excluding hydrogens is 215 g/mol. The highest BCUT2D eigenvalue weighted by atomic mass is 19.1. The monoisotopic (exact) mass is 230 g/mol. The van der Waals surface area contributed by atoms with Crippen LogP contribution in [0.5, 0.6) is 0 Å². The van der Waals surface area contributed by atoms with Gasteiger partial charge in [-0.1, -0.05) is 30.3 Å². The first-order valence-corrected chi connectivity index (χ1v) is 5.50. The maximum atomic E-state index is 13.9. The van der Waals surface area contributed by atoms with Gasteiger partial charge in [0.1, 0.15) is 5.82 Å².